The third-order valence-corrected chi connectivity index (χ3v) is 4.33. The van der Waals surface area contributed by atoms with Crippen LogP contribution in [0.15, 0.2) is 23.1 Å². The molecule has 0 aromatic heterocycles. The van der Waals surface area contributed by atoms with E-state index < -0.39 is 10.0 Å². The Morgan fingerprint density at radius 1 is 1.41 bits per heavy atom. The average molecular weight is 258 g/mol. The van der Waals surface area contributed by atoms with Crippen molar-refractivity contribution in [1.29, 1.82) is 0 Å². The van der Waals surface area contributed by atoms with Crippen LogP contribution in [0.5, 0.6) is 5.75 Å². The first-order valence-electron chi connectivity index (χ1n) is 5.24. The van der Waals surface area contributed by atoms with Gasteiger partial charge in [0.1, 0.15) is 10.6 Å². The van der Waals surface area contributed by atoms with Crippen LogP contribution in [0.4, 0.5) is 0 Å². The highest BCUT2D eigenvalue weighted by Gasteiger charge is 2.24. The summed E-state index contributed by atoms with van der Waals surface area (Å²) in [6.07, 6.45) is 0. The zero-order valence-electron chi connectivity index (χ0n) is 10.3. The number of ether oxygens (including phenoxy) is 1. The first-order chi connectivity index (χ1) is 7.93. The summed E-state index contributed by atoms with van der Waals surface area (Å²) in [6, 6.07) is 5.06. The summed E-state index contributed by atoms with van der Waals surface area (Å²) in [5.74, 6) is 0.347. The van der Waals surface area contributed by atoms with Crippen molar-refractivity contribution in [1.82, 2.24) is 4.31 Å². The summed E-state index contributed by atoms with van der Waals surface area (Å²) in [4.78, 5) is 0.177. The van der Waals surface area contributed by atoms with Crippen molar-refractivity contribution in [3.05, 3.63) is 23.8 Å². The van der Waals surface area contributed by atoms with Crippen molar-refractivity contribution in [2.75, 3.05) is 27.2 Å². The monoisotopic (exact) mass is 258 g/mol. The predicted octanol–water partition coefficient (Wildman–Crippen LogP) is 0.583. The molecule has 5 nitrogen and oxygen atoms in total. The van der Waals surface area contributed by atoms with Crippen LogP contribution in [0.2, 0.25) is 0 Å². The molecule has 1 aromatic rings. The molecular weight excluding hydrogens is 240 g/mol. The highest BCUT2D eigenvalue weighted by Crippen LogP contribution is 2.26. The van der Waals surface area contributed by atoms with Gasteiger partial charge in [0.05, 0.1) is 7.11 Å². The van der Waals surface area contributed by atoms with Gasteiger partial charge in [0.15, 0.2) is 0 Å². The van der Waals surface area contributed by atoms with Gasteiger partial charge in [-0.1, -0.05) is 6.07 Å². The fraction of sp³-hybridized carbons (Fsp3) is 0.455. The second kappa shape index (κ2) is 5.48. The Morgan fingerprint density at radius 2 is 2.06 bits per heavy atom. The standard InChI is InChI=1S/C11H18N2O3S/c1-9-4-5-10(16-3)11(8-9)17(14,15)13(2)7-6-12/h4-5,8H,6-7,12H2,1-3H3. The van der Waals surface area contributed by atoms with Crippen LogP contribution in [0, 0.1) is 6.92 Å². The van der Waals surface area contributed by atoms with E-state index >= 15 is 0 Å². The topological polar surface area (TPSA) is 72.6 Å². The average Bonchev–Trinajstić information content (AvgIpc) is 2.29. The van der Waals surface area contributed by atoms with Gasteiger partial charge in [-0.2, -0.15) is 4.31 Å². The lowest BCUT2D eigenvalue weighted by molar-refractivity contribution is 0.398. The number of benzene rings is 1. The fourth-order valence-electron chi connectivity index (χ4n) is 1.46. The molecule has 0 aliphatic heterocycles. The lowest BCUT2D eigenvalue weighted by atomic mass is 10.2. The van der Waals surface area contributed by atoms with Gasteiger partial charge < -0.3 is 10.5 Å². The lowest BCUT2D eigenvalue weighted by Crippen LogP contribution is -2.32. The maximum absolute atomic E-state index is 12.2. The van der Waals surface area contributed by atoms with E-state index in [-0.39, 0.29) is 18.0 Å². The van der Waals surface area contributed by atoms with E-state index in [1.54, 1.807) is 18.2 Å². The molecule has 17 heavy (non-hydrogen) atoms. The maximum Gasteiger partial charge on any atom is 0.246 e. The summed E-state index contributed by atoms with van der Waals surface area (Å²) < 4.78 is 30.8. The van der Waals surface area contributed by atoms with Crippen molar-refractivity contribution < 1.29 is 13.2 Å². The molecule has 2 N–H and O–H groups in total. The van der Waals surface area contributed by atoms with Gasteiger partial charge in [-0.05, 0) is 24.6 Å². The van der Waals surface area contributed by atoms with Crippen LogP contribution in [-0.2, 0) is 10.0 Å². The second-order valence-electron chi connectivity index (χ2n) is 3.77. The molecule has 0 unspecified atom stereocenters. The second-order valence-corrected chi connectivity index (χ2v) is 5.78. The minimum atomic E-state index is -3.54. The van der Waals surface area contributed by atoms with Crippen molar-refractivity contribution in [3.63, 3.8) is 0 Å². The number of hydrogen-bond donors (Lipinski definition) is 1. The quantitative estimate of drug-likeness (QED) is 0.838. The Balaban J connectivity index is 3.27. The van der Waals surface area contributed by atoms with E-state index in [1.165, 1.54) is 18.5 Å². The normalized spacial score (nSPS) is 11.8. The van der Waals surface area contributed by atoms with Crippen LogP contribution in [0.1, 0.15) is 5.56 Å². The highest BCUT2D eigenvalue weighted by molar-refractivity contribution is 7.89. The number of nitrogens with two attached hydrogens (primary N) is 1. The van der Waals surface area contributed by atoms with Crippen molar-refractivity contribution in [2.45, 2.75) is 11.8 Å². The lowest BCUT2D eigenvalue weighted by Gasteiger charge is -2.18. The Labute approximate surface area is 102 Å². The van der Waals surface area contributed by atoms with Crippen LogP contribution in [-0.4, -0.2) is 40.0 Å². The van der Waals surface area contributed by atoms with E-state index in [9.17, 15) is 8.42 Å². The molecule has 0 atom stereocenters. The largest absolute Gasteiger partial charge is 0.495 e. The van der Waals surface area contributed by atoms with Gasteiger partial charge in [0.2, 0.25) is 10.0 Å². The molecule has 0 amide bonds. The van der Waals surface area contributed by atoms with Gasteiger partial charge >= 0.3 is 0 Å². The van der Waals surface area contributed by atoms with Gasteiger partial charge in [0, 0.05) is 20.1 Å². The molecule has 6 heteroatoms. The summed E-state index contributed by atoms with van der Waals surface area (Å²) in [6.45, 7) is 2.39. The van der Waals surface area contributed by atoms with Gasteiger partial charge in [-0.3, -0.25) is 0 Å². The molecule has 0 fully saturated rings. The molecule has 0 spiro atoms. The number of likely N-dealkylation sites (N-methyl/N-ethyl adjacent to an activating group) is 1. The Kier molecular flexibility index (Phi) is 4.50. The molecule has 0 radical (unpaired) electrons. The van der Waals surface area contributed by atoms with Gasteiger partial charge in [-0.25, -0.2) is 8.42 Å². The highest BCUT2D eigenvalue weighted by atomic mass is 32.2. The number of nitrogens with zero attached hydrogens (tertiary/aromatic N) is 1. The molecule has 0 aliphatic rings. The van der Waals surface area contributed by atoms with E-state index in [4.69, 9.17) is 10.5 Å². The number of aryl methyl sites for hydroxylation is 1. The van der Waals surface area contributed by atoms with E-state index in [0.29, 0.717) is 5.75 Å². The Bertz CT molecular complexity index is 485. The van der Waals surface area contributed by atoms with Crippen molar-refractivity contribution in [2.24, 2.45) is 5.73 Å². The van der Waals surface area contributed by atoms with Crippen molar-refractivity contribution >= 4 is 10.0 Å². The van der Waals surface area contributed by atoms with Crippen molar-refractivity contribution in [3.8, 4) is 5.75 Å². The smallest absolute Gasteiger partial charge is 0.246 e. The molecule has 0 saturated heterocycles. The molecular formula is C11H18N2O3S. The predicted molar refractivity (Wildman–Crippen MR) is 66.6 cm³/mol. The number of rotatable bonds is 5. The summed E-state index contributed by atoms with van der Waals surface area (Å²) in [7, 11) is -0.583. The van der Waals surface area contributed by atoms with Crippen LogP contribution in [0.3, 0.4) is 0 Å². The molecule has 0 heterocycles. The third-order valence-electron chi connectivity index (χ3n) is 2.45. The summed E-state index contributed by atoms with van der Waals surface area (Å²) in [5.41, 5.74) is 6.23. The summed E-state index contributed by atoms with van der Waals surface area (Å²) in [5, 5.41) is 0. The SMILES string of the molecule is COc1ccc(C)cc1S(=O)(=O)N(C)CCN. The first-order valence-corrected chi connectivity index (χ1v) is 6.68. The first kappa shape index (κ1) is 14.0. The molecule has 1 rings (SSSR count). The minimum absolute atomic E-state index is 0.177. The summed E-state index contributed by atoms with van der Waals surface area (Å²) >= 11 is 0. The molecule has 0 bridgehead atoms. The van der Waals surface area contributed by atoms with E-state index in [0.717, 1.165) is 5.56 Å². The number of methoxy groups -OCH3 is 1. The van der Waals surface area contributed by atoms with Gasteiger partial charge in [-0.15, -0.1) is 0 Å². The third kappa shape index (κ3) is 2.96. The Hall–Kier alpha value is -1.11. The molecule has 96 valence electrons. The molecule has 0 saturated carbocycles. The van der Waals surface area contributed by atoms with Crippen LogP contribution >= 0.6 is 0 Å². The zero-order chi connectivity index (χ0) is 13.1. The number of hydrogen-bond acceptors (Lipinski definition) is 4. The fourth-order valence-corrected chi connectivity index (χ4v) is 2.88. The molecule has 0 aliphatic carbocycles. The Morgan fingerprint density at radius 3 is 2.59 bits per heavy atom. The number of sulfonamides is 1. The zero-order valence-corrected chi connectivity index (χ0v) is 11.1. The van der Waals surface area contributed by atoms with E-state index in [1.807, 2.05) is 6.92 Å². The van der Waals surface area contributed by atoms with Gasteiger partial charge in [0.25, 0.3) is 0 Å². The molecule has 1 aromatic carbocycles. The van der Waals surface area contributed by atoms with Crippen LogP contribution in [0.25, 0.3) is 0 Å². The maximum atomic E-state index is 12.2. The van der Waals surface area contributed by atoms with E-state index in [2.05, 4.69) is 0 Å². The minimum Gasteiger partial charge on any atom is -0.495 e. The van der Waals surface area contributed by atoms with Crippen LogP contribution < -0.4 is 10.5 Å².